The van der Waals surface area contributed by atoms with Crippen molar-refractivity contribution >= 4 is 0 Å². The maximum absolute atomic E-state index is 11.4. The molecule has 0 aromatic carbocycles. The number of pyridine rings is 1. The van der Waals surface area contributed by atoms with Gasteiger partial charge in [0.15, 0.2) is 0 Å². The predicted octanol–water partition coefficient (Wildman–Crippen LogP) is 0.391. The Morgan fingerprint density at radius 3 is 3.07 bits per heavy atom. The van der Waals surface area contributed by atoms with Crippen LogP contribution < -0.4 is 5.56 Å². The van der Waals surface area contributed by atoms with Crippen LogP contribution in [0.4, 0.5) is 0 Å². The van der Waals surface area contributed by atoms with E-state index in [1.54, 1.807) is 0 Å². The van der Waals surface area contributed by atoms with E-state index in [0.717, 1.165) is 17.8 Å². The van der Waals surface area contributed by atoms with Crippen LogP contribution in [0, 0.1) is 18.3 Å². The van der Waals surface area contributed by atoms with E-state index in [9.17, 15) is 4.79 Å². The van der Waals surface area contributed by atoms with Crippen molar-refractivity contribution in [1.82, 2.24) is 9.88 Å². The average molecular weight is 189 g/mol. The minimum Gasteiger partial charge on any atom is -0.326 e. The van der Waals surface area contributed by atoms with Crippen LogP contribution in [0.2, 0.25) is 0 Å². The van der Waals surface area contributed by atoms with Gasteiger partial charge in [-0.1, -0.05) is 6.07 Å². The van der Waals surface area contributed by atoms with E-state index >= 15 is 0 Å². The number of nitrogens with zero attached hydrogens (tertiary/aromatic N) is 2. The quantitative estimate of drug-likeness (QED) is 0.685. The lowest BCUT2D eigenvalue weighted by atomic mass is 10.2. The van der Waals surface area contributed by atoms with E-state index in [-0.39, 0.29) is 11.6 Å². The summed E-state index contributed by atoms with van der Waals surface area (Å²) in [6.45, 7) is 3.21. The van der Waals surface area contributed by atoms with E-state index in [1.165, 1.54) is 0 Å². The number of nitriles is 1. The fourth-order valence-corrected chi connectivity index (χ4v) is 1.42. The van der Waals surface area contributed by atoms with Gasteiger partial charge < -0.3 is 4.98 Å². The monoisotopic (exact) mass is 189 g/mol. The Morgan fingerprint density at radius 2 is 2.50 bits per heavy atom. The molecule has 1 fully saturated rings. The first-order valence-corrected chi connectivity index (χ1v) is 4.53. The van der Waals surface area contributed by atoms with Gasteiger partial charge in [0.25, 0.3) is 5.56 Å². The van der Waals surface area contributed by atoms with Crippen molar-refractivity contribution in [2.24, 2.45) is 0 Å². The third-order valence-corrected chi connectivity index (χ3v) is 2.37. The number of hydrogen-bond acceptors (Lipinski definition) is 3. The summed E-state index contributed by atoms with van der Waals surface area (Å²) in [5.41, 5.74) is 1.54. The molecule has 0 saturated carbocycles. The first-order valence-electron chi connectivity index (χ1n) is 4.53. The van der Waals surface area contributed by atoms with Crippen LogP contribution in [0.3, 0.4) is 0 Å². The Labute approximate surface area is 81.8 Å². The molecule has 1 N–H and O–H groups in total. The van der Waals surface area contributed by atoms with Gasteiger partial charge in [-0.2, -0.15) is 5.26 Å². The van der Waals surface area contributed by atoms with Crippen molar-refractivity contribution < 1.29 is 0 Å². The first-order chi connectivity index (χ1) is 6.70. The molecule has 0 bridgehead atoms. The molecule has 4 heteroatoms. The summed E-state index contributed by atoms with van der Waals surface area (Å²) in [7, 11) is 0. The van der Waals surface area contributed by atoms with Crippen LogP contribution in [0.25, 0.3) is 0 Å². The largest absolute Gasteiger partial charge is 0.326 e. The summed E-state index contributed by atoms with van der Waals surface area (Å²) in [5, 5.41) is 8.59. The van der Waals surface area contributed by atoms with Crippen LogP contribution in [-0.2, 0) is 6.54 Å². The molecule has 72 valence electrons. The molecule has 0 spiro atoms. The van der Waals surface area contributed by atoms with E-state index < -0.39 is 0 Å². The standard InChI is InChI=1S/C10H11N3O/c1-7-2-3-8(10(14)12-7)5-13-6-9(13)4-11/h2-3,9H,5-6H2,1H3,(H,12,14). The molecule has 4 nitrogen and oxygen atoms in total. The second-order valence-electron chi connectivity index (χ2n) is 3.57. The highest BCUT2D eigenvalue weighted by atomic mass is 16.1. The summed E-state index contributed by atoms with van der Waals surface area (Å²) >= 11 is 0. The van der Waals surface area contributed by atoms with Crippen LogP contribution in [-0.4, -0.2) is 22.5 Å². The lowest BCUT2D eigenvalue weighted by Gasteiger charge is -2.00. The second-order valence-corrected chi connectivity index (χ2v) is 3.57. The number of hydrogen-bond donors (Lipinski definition) is 1. The van der Waals surface area contributed by atoms with Gasteiger partial charge in [0, 0.05) is 24.3 Å². The molecule has 2 rings (SSSR count). The maximum atomic E-state index is 11.4. The molecule has 1 aliphatic heterocycles. The lowest BCUT2D eigenvalue weighted by Crippen LogP contribution is -2.16. The zero-order valence-corrected chi connectivity index (χ0v) is 7.95. The van der Waals surface area contributed by atoms with Gasteiger partial charge in [0.2, 0.25) is 0 Å². The summed E-state index contributed by atoms with van der Waals surface area (Å²) in [6, 6.07) is 5.86. The van der Waals surface area contributed by atoms with Crippen LogP contribution in [0.15, 0.2) is 16.9 Å². The zero-order valence-electron chi connectivity index (χ0n) is 7.95. The number of aromatic nitrogens is 1. The molecule has 2 heterocycles. The minimum absolute atomic E-state index is 0.00991. The molecule has 1 aromatic rings. The average Bonchev–Trinajstić information content (AvgIpc) is 2.89. The van der Waals surface area contributed by atoms with Gasteiger partial charge in [0.05, 0.1) is 6.07 Å². The smallest absolute Gasteiger partial charge is 0.252 e. The van der Waals surface area contributed by atoms with E-state index in [2.05, 4.69) is 11.1 Å². The molecular weight excluding hydrogens is 178 g/mol. The second kappa shape index (κ2) is 3.28. The van der Waals surface area contributed by atoms with Crippen molar-refractivity contribution in [3.05, 3.63) is 33.7 Å². The lowest BCUT2D eigenvalue weighted by molar-refractivity contribution is 0.528. The molecule has 1 aliphatic rings. The fourth-order valence-electron chi connectivity index (χ4n) is 1.42. The minimum atomic E-state index is -0.0476. The molecule has 0 radical (unpaired) electrons. The highest BCUT2D eigenvalue weighted by Crippen LogP contribution is 2.18. The van der Waals surface area contributed by atoms with Gasteiger partial charge in [-0.3, -0.25) is 9.69 Å². The third kappa shape index (κ3) is 1.68. The maximum Gasteiger partial charge on any atom is 0.252 e. The molecule has 1 saturated heterocycles. The Balaban J connectivity index is 2.12. The van der Waals surface area contributed by atoms with Crippen molar-refractivity contribution in [2.75, 3.05) is 6.54 Å². The van der Waals surface area contributed by atoms with Gasteiger partial charge in [-0.05, 0) is 13.0 Å². The predicted molar refractivity (Wildman–Crippen MR) is 51.6 cm³/mol. The van der Waals surface area contributed by atoms with Gasteiger partial charge in [-0.25, -0.2) is 0 Å². The van der Waals surface area contributed by atoms with Crippen molar-refractivity contribution in [1.29, 1.82) is 5.26 Å². The number of nitrogens with one attached hydrogen (secondary N) is 1. The zero-order chi connectivity index (χ0) is 10.1. The van der Waals surface area contributed by atoms with Crippen molar-refractivity contribution in [3.8, 4) is 6.07 Å². The Hall–Kier alpha value is -1.60. The van der Waals surface area contributed by atoms with Crippen LogP contribution >= 0.6 is 0 Å². The molecule has 0 amide bonds. The Kier molecular flexibility index (Phi) is 2.10. The van der Waals surface area contributed by atoms with Gasteiger partial charge >= 0.3 is 0 Å². The molecule has 14 heavy (non-hydrogen) atoms. The number of aromatic amines is 1. The molecule has 0 aliphatic carbocycles. The normalized spacial score (nSPS) is 24.3. The molecule has 2 unspecified atom stereocenters. The number of aryl methyl sites for hydroxylation is 1. The summed E-state index contributed by atoms with van der Waals surface area (Å²) in [6.07, 6.45) is 0. The van der Waals surface area contributed by atoms with Gasteiger partial charge in [-0.15, -0.1) is 0 Å². The SMILES string of the molecule is Cc1ccc(CN2CC2C#N)c(=O)[nH]1. The fraction of sp³-hybridized carbons (Fsp3) is 0.400. The van der Waals surface area contributed by atoms with E-state index in [1.807, 2.05) is 24.0 Å². The highest BCUT2D eigenvalue weighted by molar-refractivity contribution is 5.16. The van der Waals surface area contributed by atoms with Crippen LogP contribution in [0.1, 0.15) is 11.3 Å². The Morgan fingerprint density at radius 1 is 1.71 bits per heavy atom. The van der Waals surface area contributed by atoms with Crippen molar-refractivity contribution in [2.45, 2.75) is 19.5 Å². The summed E-state index contributed by atoms with van der Waals surface area (Å²) < 4.78 is 0. The highest BCUT2D eigenvalue weighted by Gasteiger charge is 2.33. The molecular formula is C10H11N3O. The Bertz CT molecular complexity index is 443. The molecule has 2 atom stereocenters. The number of H-pyrrole nitrogens is 1. The van der Waals surface area contributed by atoms with Crippen LogP contribution in [0.5, 0.6) is 0 Å². The van der Waals surface area contributed by atoms with E-state index in [4.69, 9.17) is 5.26 Å². The van der Waals surface area contributed by atoms with Crippen molar-refractivity contribution in [3.63, 3.8) is 0 Å². The van der Waals surface area contributed by atoms with E-state index in [0.29, 0.717) is 6.54 Å². The third-order valence-electron chi connectivity index (χ3n) is 2.37. The first kappa shape index (κ1) is 8.97. The van der Waals surface area contributed by atoms with Gasteiger partial charge in [0.1, 0.15) is 6.04 Å². The summed E-state index contributed by atoms with van der Waals surface area (Å²) in [4.78, 5) is 16.1. The topological polar surface area (TPSA) is 59.7 Å². The summed E-state index contributed by atoms with van der Waals surface area (Å²) in [5.74, 6) is 0. The molecule has 1 aromatic heterocycles. The number of rotatable bonds is 2.